The normalized spacial score (nSPS) is 15.5. The van der Waals surface area contributed by atoms with Gasteiger partial charge in [0.2, 0.25) is 0 Å². The minimum Gasteiger partial charge on any atom is -0.481 e. The predicted octanol–water partition coefficient (Wildman–Crippen LogP) is 11.5. The first-order valence-electron chi connectivity index (χ1n) is 18.3. The Morgan fingerprint density at radius 3 is 1.10 bits per heavy atom. The molecule has 248 valence electrons. The molecular weight excluding hydrogens is 528 g/mol. The first kappa shape index (κ1) is 38.9. The quantitative estimate of drug-likeness (QED) is 0.0444. The molecule has 1 unspecified atom stereocenters. The Labute approximate surface area is 259 Å². The van der Waals surface area contributed by atoms with Gasteiger partial charge in [0.05, 0.1) is 6.42 Å². The molecule has 0 radical (unpaired) electrons. The van der Waals surface area contributed by atoms with Gasteiger partial charge in [0, 0.05) is 6.42 Å². The standard InChI is InChI=1S/C36H68O6/c1-3-5-7-9-11-13-15-17-19-20-22-24-26-28-30-35(34(39)40,32-33(37)38)36(41-42-36)31-29-27-25-23-21-18-16-14-12-10-8-6-4-2/h3-32H2,1-2H3,(H,37,38)(H,39,40). The third-order valence-corrected chi connectivity index (χ3v) is 9.44. The Bertz CT molecular complexity index is 661. The zero-order valence-corrected chi connectivity index (χ0v) is 27.7. The van der Waals surface area contributed by atoms with Gasteiger partial charge in [0.15, 0.2) is 0 Å². The lowest BCUT2D eigenvalue weighted by atomic mass is 9.71. The van der Waals surface area contributed by atoms with Gasteiger partial charge in [-0.05, 0) is 12.8 Å². The molecule has 42 heavy (non-hydrogen) atoms. The fourth-order valence-corrected chi connectivity index (χ4v) is 6.55. The summed E-state index contributed by atoms with van der Waals surface area (Å²) in [7, 11) is 0. The Kier molecular flexibility index (Phi) is 23.3. The van der Waals surface area contributed by atoms with Gasteiger partial charge in [0.25, 0.3) is 5.79 Å². The zero-order chi connectivity index (χ0) is 30.8. The van der Waals surface area contributed by atoms with Gasteiger partial charge in [-0.1, -0.05) is 181 Å². The van der Waals surface area contributed by atoms with Crippen molar-refractivity contribution in [3.8, 4) is 0 Å². The van der Waals surface area contributed by atoms with Crippen molar-refractivity contribution < 1.29 is 29.6 Å². The van der Waals surface area contributed by atoms with Crippen LogP contribution in [-0.2, 0) is 19.4 Å². The van der Waals surface area contributed by atoms with E-state index < -0.39 is 29.6 Å². The summed E-state index contributed by atoms with van der Waals surface area (Å²) in [6.45, 7) is 4.51. The van der Waals surface area contributed by atoms with E-state index in [0.717, 1.165) is 38.5 Å². The molecule has 1 atom stereocenters. The van der Waals surface area contributed by atoms with E-state index in [1.165, 1.54) is 128 Å². The van der Waals surface area contributed by atoms with Crippen molar-refractivity contribution in [3.63, 3.8) is 0 Å². The van der Waals surface area contributed by atoms with Crippen LogP contribution in [0.15, 0.2) is 0 Å². The van der Waals surface area contributed by atoms with E-state index in [-0.39, 0.29) is 6.42 Å². The fourth-order valence-electron chi connectivity index (χ4n) is 6.55. The summed E-state index contributed by atoms with van der Waals surface area (Å²) in [4.78, 5) is 35.0. The van der Waals surface area contributed by atoms with E-state index in [2.05, 4.69) is 13.8 Å². The molecule has 6 heteroatoms. The smallest absolute Gasteiger partial charge is 0.315 e. The number of carbonyl (C=O) groups is 2. The van der Waals surface area contributed by atoms with Crippen molar-refractivity contribution in [1.82, 2.24) is 0 Å². The van der Waals surface area contributed by atoms with Crippen LogP contribution in [0, 0.1) is 5.41 Å². The van der Waals surface area contributed by atoms with Gasteiger partial charge in [-0.3, -0.25) is 9.59 Å². The van der Waals surface area contributed by atoms with Gasteiger partial charge < -0.3 is 10.2 Å². The van der Waals surface area contributed by atoms with E-state index in [0.29, 0.717) is 12.8 Å². The summed E-state index contributed by atoms with van der Waals surface area (Å²) in [6, 6.07) is 0. The van der Waals surface area contributed by atoms with Crippen molar-refractivity contribution >= 4 is 11.9 Å². The second-order valence-corrected chi connectivity index (χ2v) is 13.2. The monoisotopic (exact) mass is 597 g/mol. The van der Waals surface area contributed by atoms with E-state index in [9.17, 15) is 19.8 Å². The minimum atomic E-state index is -1.52. The Morgan fingerprint density at radius 2 is 0.810 bits per heavy atom. The highest BCUT2D eigenvalue weighted by Gasteiger charge is 2.69. The lowest BCUT2D eigenvalue weighted by Crippen LogP contribution is -2.47. The number of carboxylic acid groups (broad SMARTS) is 2. The second-order valence-electron chi connectivity index (χ2n) is 13.2. The van der Waals surface area contributed by atoms with Crippen molar-refractivity contribution in [2.45, 2.75) is 212 Å². The largest absolute Gasteiger partial charge is 0.481 e. The summed E-state index contributed by atoms with van der Waals surface area (Å²) < 4.78 is 0. The van der Waals surface area contributed by atoms with E-state index in [4.69, 9.17) is 9.78 Å². The van der Waals surface area contributed by atoms with Crippen LogP contribution in [0.25, 0.3) is 0 Å². The Hall–Kier alpha value is -1.14. The summed E-state index contributed by atoms with van der Waals surface area (Å²) in [5.41, 5.74) is -1.52. The molecule has 0 aromatic carbocycles. The van der Waals surface area contributed by atoms with Gasteiger partial charge in [-0.2, -0.15) is 9.78 Å². The third kappa shape index (κ3) is 17.2. The van der Waals surface area contributed by atoms with E-state index in [1.54, 1.807) is 0 Å². The molecule has 0 spiro atoms. The molecule has 1 aliphatic heterocycles. The van der Waals surface area contributed by atoms with Crippen LogP contribution in [0.4, 0.5) is 0 Å². The molecule has 0 bridgehead atoms. The van der Waals surface area contributed by atoms with Crippen LogP contribution in [0.5, 0.6) is 0 Å². The molecular formula is C36H68O6. The van der Waals surface area contributed by atoms with Crippen LogP contribution in [0.3, 0.4) is 0 Å². The second kappa shape index (κ2) is 25.2. The lowest BCUT2D eigenvalue weighted by molar-refractivity contribution is -0.163. The highest BCUT2D eigenvalue weighted by molar-refractivity contribution is 5.82. The van der Waals surface area contributed by atoms with Gasteiger partial charge in [0.1, 0.15) is 5.41 Å². The first-order valence-corrected chi connectivity index (χ1v) is 18.3. The molecule has 0 aliphatic carbocycles. The number of hydrogen-bond acceptors (Lipinski definition) is 4. The zero-order valence-electron chi connectivity index (χ0n) is 27.7. The average Bonchev–Trinajstić information content (AvgIpc) is 3.76. The van der Waals surface area contributed by atoms with Crippen molar-refractivity contribution in [3.05, 3.63) is 0 Å². The van der Waals surface area contributed by atoms with Crippen LogP contribution < -0.4 is 0 Å². The summed E-state index contributed by atoms with van der Waals surface area (Å²) in [5, 5.41) is 19.8. The summed E-state index contributed by atoms with van der Waals surface area (Å²) >= 11 is 0. The van der Waals surface area contributed by atoms with Crippen molar-refractivity contribution in [2.24, 2.45) is 5.41 Å². The molecule has 1 rings (SSSR count). The maximum atomic E-state index is 12.5. The lowest BCUT2D eigenvalue weighted by Gasteiger charge is -2.31. The van der Waals surface area contributed by atoms with Crippen LogP contribution >= 0.6 is 0 Å². The molecule has 1 saturated heterocycles. The maximum Gasteiger partial charge on any atom is 0.315 e. The van der Waals surface area contributed by atoms with E-state index >= 15 is 0 Å². The minimum absolute atomic E-state index is 0.283. The van der Waals surface area contributed by atoms with Crippen molar-refractivity contribution in [1.29, 1.82) is 0 Å². The molecule has 0 amide bonds. The Balaban J connectivity index is 2.25. The molecule has 6 nitrogen and oxygen atoms in total. The molecule has 1 heterocycles. The van der Waals surface area contributed by atoms with Gasteiger partial charge in [-0.25, -0.2) is 0 Å². The van der Waals surface area contributed by atoms with E-state index in [1.807, 2.05) is 0 Å². The molecule has 0 aromatic rings. The number of aliphatic carboxylic acids is 2. The Morgan fingerprint density at radius 1 is 0.500 bits per heavy atom. The first-order chi connectivity index (χ1) is 20.4. The number of hydrogen-bond donors (Lipinski definition) is 2. The van der Waals surface area contributed by atoms with Gasteiger partial charge >= 0.3 is 11.9 Å². The topological polar surface area (TPSA) is 99.7 Å². The molecule has 1 aliphatic rings. The van der Waals surface area contributed by atoms with Crippen LogP contribution in [-0.4, -0.2) is 27.9 Å². The number of rotatable bonds is 33. The molecule has 0 aromatic heterocycles. The SMILES string of the molecule is CCCCCCCCCCCCCCCCC(CC(=O)O)(C(=O)O)C1(CCCCCCCCCCCCCCC)OO1. The van der Waals surface area contributed by atoms with Crippen LogP contribution in [0.2, 0.25) is 0 Å². The number of carboxylic acids is 2. The van der Waals surface area contributed by atoms with Crippen molar-refractivity contribution in [2.75, 3.05) is 0 Å². The fraction of sp³-hybridized carbons (Fsp3) is 0.944. The highest BCUT2D eigenvalue weighted by atomic mass is 17.4. The van der Waals surface area contributed by atoms with Crippen LogP contribution in [0.1, 0.15) is 206 Å². The summed E-state index contributed by atoms with van der Waals surface area (Å²) in [5.74, 6) is -3.50. The third-order valence-electron chi connectivity index (χ3n) is 9.44. The molecule has 2 N–H and O–H groups in total. The maximum absolute atomic E-state index is 12.5. The highest BCUT2D eigenvalue weighted by Crippen LogP contribution is 2.55. The number of unbranched alkanes of at least 4 members (excludes halogenated alkanes) is 25. The predicted molar refractivity (Wildman–Crippen MR) is 172 cm³/mol. The summed E-state index contributed by atoms with van der Waals surface area (Å²) in [6.07, 6.45) is 33.5. The van der Waals surface area contributed by atoms with Gasteiger partial charge in [-0.15, -0.1) is 0 Å². The molecule has 0 saturated carbocycles. The molecule has 1 fully saturated rings. The average molecular weight is 597 g/mol.